The van der Waals surface area contributed by atoms with Gasteiger partial charge in [0.2, 0.25) is 10.0 Å². The summed E-state index contributed by atoms with van der Waals surface area (Å²) in [6, 6.07) is 5.04. The first-order valence-corrected chi connectivity index (χ1v) is 6.34. The van der Waals surface area contributed by atoms with Crippen LogP contribution in [0, 0.1) is 6.92 Å². The summed E-state index contributed by atoms with van der Waals surface area (Å²) >= 11 is 11.1. The molecule has 0 bridgehead atoms. The highest BCUT2D eigenvalue weighted by molar-refractivity contribution is 7.93. The zero-order valence-electron chi connectivity index (χ0n) is 7.42. The van der Waals surface area contributed by atoms with Crippen molar-refractivity contribution in [2.45, 2.75) is 6.92 Å². The van der Waals surface area contributed by atoms with E-state index in [1.54, 1.807) is 18.2 Å². The van der Waals surface area contributed by atoms with E-state index in [1.807, 2.05) is 6.92 Å². The second kappa shape index (κ2) is 4.38. The van der Waals surface area contributed by atoms with Crippen LogP contribution in [0.2, 0.25) is 5.02 Å². The number of hydrogen-bond donors (Lipinski definition) is 1. The molecular weight excluding hydrogens is 245 g/mol. The molecule has 0 aliphatic rings. The van der Waals surface area contributed by atoms with Gasteiger partial charge in [0.25, 0.3) is 0 Å². The Morgan fingerprint density at radius 3 is 2.57 bits per heavy atom. The molecule has 0 unspecified atom stereocenters. The molecule has 1 rings (SSSR count). The van der Waals surface area contributed by atoms with Gasteiger partial charge < -0.3 is 0 Å². The van der Waals surface area contributed by atoms with Gasteiger partial charge in [0.05, 0.1) is 10.7 Å². The van der Waals surface area contributed by atoms with Crippen LogP contribution in [-0.2, 0) is 10.0 Å². The van der Waals surface area contributed by atoms with Crippen molar-refractivity contribution in [2.24, 2.45) is 0 Å². The largest absolute Gasteiger partial charge is 0.281 e. The normalized spacial score (nSPS) is 11.4. The van der Waals surface area contributed by atoms with Gasteiger partial charge in [0.15, 0.2) is 0 Å². The van der Waals surface area contributed by atoms with Crippen molar-refractivity contribution in [2.75, 3.05) is 9.93 Å². The summed E-state index contributed by atoms with van der Waals surface area (Å²) in [5, 5.41) is -0.129. The first-order chi connectivity index (χ1) is 6.44. The zero-order valence-corrected chi connectivity index (χ0v) is 9.75. The molecule has 14 heavy (non-hydrogen) atoms. The molecule has 3 nitrogen and oxygen atoms in total. The van der Waals surface area contributed by atoms with Crippen LogP contribution in [0.5, 0.6) is 0 Å². The van der Waals surface area contributed by atoms with Gasteiger partial charge >= 0.3 is 0 Å². The average molecular weight is 254 g/mol. The molecule has 1 N–H and O–H groups in total. The Hall–Kier alpha value is -0.450. The molecule has 6 heteroatoms. The molecule has 0 radical (unpaired) electrons. The minimum Gasteiger partial charge on any atom is -0.281 e. The standard InChI is InChI=1S/C8H9Cl2NO2S/c1-6-2-3-8(7(10)4-6)11-14(12,13)5-9/h2-4,11H,5H2,1H3. The molecule has 0 heterocycles. The van der Waals surface area contributed by atoms with Gasteiger partial charge in [-0.15, -0.1) is 11.6 Å². The van der Waals surface area contributed by atoms with Crippen molar-refractivity contribution >= 4 is 38.9 Å². The maximum Gasteiger partial charge on any atom is 0.246 e. The molecule has 0 fully saturated rings. The second-order valence-electron chi connectivity index (χ2n) is 2.81. The fourth-order valence-corrected chi connectivity index (χ4v) is 1.97. The SMILES string of the molecule is Cc1ccc(NS(=O)(=O)CCl)c(Cl)c1. The number of halogens is 2. The molecule has 78 valence electrons. The minimum atomic E-state index is -3.48. The highest BCUT2D eigenvalue weighted by Crippen LogP contribution is 2.23. The van der Waals surface area contributed by atoms with Gasteiger partial charge in [0, 0.05) is 0 Å². The fourth-order valence-electron chi connectivity index (χ4n) is 0.898. The monoisotopic (exact) mass is 253 g/mol. The van der Waals surface area contributed by atoms with E-state index in [9.17, 15) is 8.42 Å². The summed E-state index contributed by atoms with van der Waals surface area (Å²) in [5.41, 5.74) is 1.31. The summed E-state index contributed by atoms with van der Waals surface area (Å²) < 4.78 is 24.5. The maximum absolute atomic E-state index is 11.1. The predicted octanol–water partition coefficient (Wildman–Crippen LogP) is 2.59. The summed E-state index contributed by atoms with van der Waals surface area (Å²) in [6.07, 6.45) is 0. The summed E-state index contributed by atoms with van der Waals surface area (Å²) in [5.74, 6) is 0. The Labute approximate surface area is 93.1 Å². The lowest BCUT2D eigenvalue weighted by Gasteiger charge is -2.07. The van der Waals surface area contributed by atoms with E-state index in [-0.39, 0.29) is 0 Å². The van der Waals surface area contributed by atoms with E-state index >= 15 is 0 Å². The van der Waals surface area contributed by atoms with Crippen LogP contribution < -0.4 is 4.72 Å². The van der Waals surface area contributed by atoms with E-state index in [0.29, 0.717) is 10.7 Å². The van der Waals surface area contributed by atoms with Crippen molar-refractivity contribution in [1.29, 1.82) is 0 Å². The van der Waals surface area contributed by atoms with E-state index in [2.05, 4.69) is 4.72 Å². The van der Waals surface area contributed by atoms with E-state index in [0.717, 1.165) is 5.56 Å². The van der Waals surface area contributed by atoms with Crippen LogP contribution in [-0.4, -0.2) is 13.6 Å². The van der Waals surface area contributed by atoms with Crippen molar-refractivity contribution in [1.82, 2.24) is 0 Å². The summed E-state index contributed by atoms with van der Waals surface area (Å²) in [7, 11) is -3.48. The molecule has 0 aliphatic carbocycles. The fraction of sp³-hybridized carbons (Fsp3) is 0.250. The number of aryl methyl sites for hydroxylation is 1. The van der Waals surface area contributed by atoms with Crippen molar-refractivity contribution < 1.29 is 8.42 Å². The third-order valence-electron chi connectivity index (χ3n) is 1.53. The third-order valence-corrected chi connectivity index (χ3v) is 3.53. The van der Waals surface area contributed by atoms with Gasteiger partial charge in [-0.1, -0.05) is 17.7 Å². The molecule has 0 amide bonds. The highest BCUT2D eigenvalue weighted by Gasteiger charge is 2.10. The first kappa shape index (κ1) is 11.6. The van der Waals surface area contributed by atoms with Gasteiger partial charge in [0.1, 0.15) is 5.21 Å². The molecule has 0 aromatic heterocycles. The van der Waals surface area contributed by atoms with E-state index in [1.165, 1.54) is 0 Å². The minimum absolute atomic E-state index is 0.345. The van der Waals surface area contributed by atoms with Gasteiger partial charge in [-0.2, -0.15) is 0 Å². The van der Waals surface area contributed by atoms with Crippen LogP contribution in [0.3, 0.4) is 0 Å². The maximum atomic E-state index is 11.1. The lowest BCUT2D eigenvalue weighted by Crippen LogP contribution is -2.13. The number of nitrogens with one attached hydrogen (secondary N) is 1. The number of anilines is 1. The molecule has 0 atom stereocenters. The predicted molar refractivity (Wildman–Crippen MR) is 59.5 cm³/mol. The molecule has 0 saturated carbocycles. The first-order valence-electron chi connectivity index (χ1n) is 3.77. The van der Waals surface area contributed by atoms with E-state index < -0.39 is 15.2 Å². The quantitative estimate of drug-likeness (QED) is 0.842. The zero-order chi connectivity index (χ0) is 10.8. The molecule has 1 aromatic carbocycles. The Balaban J connectivity index is 2.99. The number of sulfonamides is 1. The summed E-state index contributed by atoms with van der Waals surface area (Å²) in [4.78, 5) is 0. The van der Waals surface area contributed by atoms with Crippen LogP contribution in [0.4, 0.5) is 5.69 Å². The Morgan fingerprint density at radius 1 is 1.43 bits per heavy atom. The number of rotatable bonds is 3. The smallest absolute Gasteiger partial charge is 0.246 e. The van der Waals surface area contributed by atoms with Crippen LogP contribution in [0.1, 0.15) is 5.56 Å². The lowest BCUT2D eigenvalue weighted by atomic mass is 10.2. The van der Waals surface area contributed by atoms with Gasteiger partial charge in [-0.3, -0.25) is 4.72 Å². The van der Waals surface area contributed by atoms with Gasteiger partial charge in [-0.05, 0) is 24.6 Å². The van der Waals surface area contributed by atoms with Crippen LogP contribution >= 0.6 is 23.2 Å². The van der Waals surface area contributed by atoms with Gasteiger partial charge in [-0.25, -0.2) is 8.42 Å². The molecular formula is C8H9Cl2NO2S. The van der Waals surface area contributed by atoms with Crippen molar-refractivity contribution in [3.63, 3.8) is 0 Å². The molecule has 0 spiro atoms. The topological polar surface area (TPSA) is 46.2 Å². The summed E-state index contributed by atoms with van der Waals surface area (Å²) in [6.45, 7) is 1.87. The third kappa shape index (κ3) is 3.04. The highest BCUT2D eigenvalue weighted by atomic mass is 35.5. The Bertz CT molecular complexity index is 431. The molecule has 1 aromatic rings. The van der Waals surface area contributed by atoms with Crippen LogP contribution in [0.15, 0.2) is 18.2 Å². The molecule has 0 aliphatic heterocycles. The van der Waals surface area contributed by atoms with Crippen molar-refractivity contribution in [3.8, 4) is 0 Å². The lowest BCUT2D eigenvalue weighted by molar-refractivity contribution is 0.605. The Morgan fingerprint density at radius 2 is 2.07 bits per heavy atom. The second-order valence-corrected chi connectivity index (χ2v) is 5.52. The number of alkyl halides is 1. The number of hydrogen-bond acceptors (Lipinski definition) is 2. The number of benzene rings is 1. The van der Waals surface area contributed by atoms with Crippen LogP contribution in [0.25, 0.3) is 0 Å². The van der Waals surface area contributed by atoms with E-state index in [4.69, 9.17) is 23.2 Å². The average Bonchev–Trinajstić information content (AvgIpc) is 2.10. The van der Waals surface area contributed by atoms with Crippen molar-refractivity contribution in [3.05, 3.63) is 28.8 Å². The molecule has 0 saturated heterocycles. The Kier molecular flexibility index (Phi) is 3.64.